The number of nitrogens with zero attached hydrogens (tertiary/aromatic N) is 2. The molecule has 4 nitrogen and oxygen atoms in total. The zero-order valence-electron chi connectivity index (χ0n) is 11.6. The van der Waals surface area contributed by atoms with Crippen molar-refractivity contribution in [3.05, 3.63) is 53.1 Å². The molecule has 2 aromatic heterocycles. The zero-order chi connectivity index (χ0) is 13.8. The van der Waals surface area contributed by atoms with Gasteiger partial charge in [0.2, 0.25) is 0 Å². The summed E-state index contributed by atoms with van der Waals surface area (Å²) in [6.45, 7) is 4.83. The second-order valence-corrected chi connectivity index (χ2v) is 4.70. The van der Waals surface area contributed by atoms with Gasteiger partial charge in [-0.15, -0.1) is 0 Å². The van der Waals surface area contributed by atoms with Gasteiger partial charge in [0.05, 0.1) is 5.56 Å². The van der Waals surface area contributed by atoms with Crippen LogP contribution in [0.3, 0.4) is 0 Å². The minimum Gasteiger partial charge on any atom is -0.352 e. The Hall–Kier alpha value is -2.10. The SMILES string of the molecule is Cc1cc(CCNC(=O)c2cccnc2)c(C)n1C. The molecule has 0 atom stereocenters. The van der Waals surface area contributed by atoms with Crippen molar-refractivity contribution in [2.45, 2.75) is 20.3 Å². The number of hydrogen-bond acceptors (Lipinski definition) is 2. The first kappa shape index (κ1) is 13.3. The molecule has 0 radical (unpaired) electrons. The third-order valence-corrected chi connectivity index (χ3v) is 3.48. The minimum atomic E-state index is -0.0709. The van der Waals surface area contributed by atoms with Crippen molar-refractivity contribution in [3.8, 4) is 0 Å². The van der Waals surface area contributed by atoms with Gasteiger partial charge in [-0.05, 0) is 44.0 Å². The molecule has 1 N–H and O–H groups in total. The smallest absolute Gasteiger partial charge is 0.252 e. The van der Waals surface area contributed by atoms with E-state index in [9.17, 15) is 4.79 Å². The van der Waals surface area contributed by atoms with E-state index in [1.54, 1.807) is 24.5 Å². The Morgan fingerprint density at radius 3 is 2.79 bits per heavy atom. The monoisotopic (exact) mass is 257 g/mol. The summed E-state index contributed by atoms with van der Waals surface area (Å²) in [6.07, 6.45) is 4.08. The highest BCUT2D eigenvalue weighted by Gasteiger charge is 2.07. The van der Waals surface area contributed by atoms with Crippen molar-refractivity contribution in [2.24, 2.45) is 7.05 Å². The molecule has 4 heteroatoms. The van der Waals surface area contributed by atoms with Gasteiger partial charge in [0.1, 0.15) is 0 Å². The predicted molar refractivity (Wildman–Crippen MR) is 75.2 cm³/mol. The molecule has 0 aliphatic heterocycles. The molecule has 100 valence electrons. The molecule has 1 amide bonds. The second kappa shape index (κ2) is 5.69. The van der Waals surface area contributed by atoms with Gasteiger partial charge in [-0.1, -0.05) is 0 Å². The molecule has 0 saturated heterocycles. The number of aryl methyl sites for hydroxylation is 1. The molecule has 0 spiro atoms. The standard InChI is InChI=1S/C15H19N3O/c1-11-9-13(12(2)18(11)3)6-8-17-15(19)14-5-4-7-16-10-14/h4-5,7,9-10H,6,8H2,1-3H3,(H,17,19). The number of rotatable bonds is 4. The molecule has 0 aliphatic carbocycles. The molecule has 2 rings (SSSR count). The van der Waals surface area contributed by atoms with E-state index in [2.05, 4.69) is 41.8 Å². The van der Waals surface area contributed by atoms with Gasteiger partial charge in [0.15, 0.2) is 0 Å². The Bertz CT molecular complexity index is 573. The molecular weight excluding hydrogens is 238 g/mol. The van der Waals surface area contributed by atoms with Gasteiger partial charge < -0.3 is 9.88 Å². The van der Waals surface area contributed by atoms with Crippen molar-refractivity contribution >= 4 is 5.91 Å². The first-order valence-corrected chi connectivity index (χ1v) is 6.39. The molecule has 2 aromatic rings. The summed E-state index contributed by atoms with van der Waals surface area (Å²) in [5.41, 5.74) is 4.38. The summed E-state index contributed by atoms with van der Waals surface area (Å²) in [7, 11) is 2.06. The summed E-state index contributed by atoms with van der Waals surface area (Å²) < 4.78 is 2.16. The molecular formula is C15H19N3O. The number of hydrogen-bond donors (Lipinski definition) is 1. The summed E-state index contributed by atoms with van der Waals surface area (Å²) in [5, 5.41) is 2.92. The molecule has 0 saturated carbocycles. The molecule has 0 unspecified atom stereocenters. The van der Waals surface area contributed by atoms with Gasteiger partial charge in [-0.2, -0.15) is 0 Å². The average molecular weight is 257 g/mol. The lowest BCUT2D eigenvalue weighted by Crippen LogP contribution is -2.25. The maximum Gasteiger partial charge on any atom is 0.252 e. The number of nitrogens with one attached hydrogen (secondary N) is 1. The summed E-state index contributed by atoms with van der Waals surface area (Å²) in [5.74, 6) is -0.0709. The lowest BCUT2D eigenvalue weighted by Gasteiger charge is -2.05. The lowest BCUT2D eigenvalue weighted by molar-refractivity contribution is 0.0954. The number of pyridine rings is 1. The van der Waals surface area contributed by atoms with Gasteiger partial charge in [-0.3, -0.25) is 9.78 Å². The number of carbonyl (C=O) groups excluding carboxylic acids is 1. The van der Waals surface area contributed by atoms with Crippen molar-refractivity contribution < 1.29 is 4.79 Å². The van der Waals surface area contributed by atoms with E-state index in [1.807, 2.05) is 0 Å². The van der Waals surface area contributed by atoms with Crippen LogP contribution >= 0.6 is 0 Å². The third kappa shape index (κ3) is 3.02. The van der Waals surface area contributed by atoms with Crippen molar-refractivity contribution in [1.29, 1.82) is 0 Å². The zero-order valence-corrected chi connectivity index (χ0v) is 11.6. The fourth-order valence-electron chi connectivity index (χ4n) is 2.10. The first-order chi connectivity index (χ1) is 9.09. The van der Waals surface area contributed by atoms with Crippen LogP contribution < -0.4 is 5.32 Å². The lowest BCUT2D eigenvalue weighted by atomic mass is 10.2. The van der Waals surface area contributed by atoms with Crippen LogP contribution in [0.1, 0.15) is 27.3 Å². The fourth-order valence-corrected chi connectivity index (χ4v) is 2.10. The highest BCUT2D eigenvalue weighted by molar-refractivity contribution is 5.93. The Balaban J connectivity index is 1.90. The quantitative estimate of drug-likeness (QED) is 0.910. The topological polar surface area (TPSA) is 46.9 Å². The van der Waals surface area contributed by atoms with Crippen LogP contribution in [0, 0.1) is 13.8 Å². The molecule has 0 fully saturated rings. The van der Waals surface area contributed by atoms with Crippen LogP contribution in [0.5, 0.6) is 0 Å². The maximum absolute atomic E-state index is 11.8. The average Bonchev–Trinajstić information content (AvgIpc) is 2.67. The highest BCUT2D eigenvalue weighted by atomic mass is 16.1. The Labute approximate surface area is 113 Å². The first-order valence-electron chi connectivity index (χ1n) is 6.39. The number of aromatic nitrogens is 2. The van der Waals surface area contributed by atoms with Crippen LogP contribution in [-0.4, -0.2) is 22.0 Å². The van der Waals surface area contributed by atoms with E-state index >= 15 is 0 Å². The maximum atomic E-state index is 11.8. The fraction of sp³-hybridized carbons (Fsp3) is 0.333. The Kier molecular flexibility index (Phi) is 4.00. The minimum absolute atomic E-state index is 0.0709. The van der Waals surface area contributed by atoms with E-state index in [0.29, 0.717) is 12.1 Å². The Morgan fingerprint density at radius 2 is 2.21 bits per heavy atom. The highest BCUT2D eigenvalue weighted by Crippen LogP contribution is 2.13. The van der Waals surface area contributed by atoms with Crippen molar-refractivity contribution in [2.75, 3.05) is 6.54 Å². The van der Waals surface area contributed by atoms with Gasteiger partial charge in [-0.25, -0.2) is 0 Å². The van der Waals surface area contributed by atoms with Crippen LogP contribution in [0.2, 0.25) is 0 Å². The van der Waals surface area contributed by atoms with Gasteiger partial charge >= 0.3 is 0 Å². The van der Waals surface area contributed by atoms with E-state index in [1.165, 1.54) is 17.0 Å². The van der Waals surface area contributed by atoms with Gasteiger partial charge in [0.25, 0.3) is 5.91 Å². The second-order valence-electron chi connectivity index (χ2n) is 4.70. The molecule has 2 heterocycles. The molecule has 0 aliphatic rings. The normalized spacial score (nSPS) is 10.5. The predicted octanol–water partition coefficient (Wildman–Crippen LogP) is 2.01. The van der Waals surface area contributed by atoms with Crippen LogP contribution in [0.25, 0.3) is 0 Å². The third-order valence-electron chi connectivity index (χ3n) is 3.48. The molecule has 0 bridgehead atoms. The van der Waals surface area contributed by atoms with Crippen molar-refractivity contribution in [1.82, 2.24) is 14.9 Å². The Morgan fingerprint density at radius 1 is 1.42 bits per heavy atom. The number of amides is 1. The number of carbonyl (C=O) groups is 1. The molecule has 19 heavy (non-hydrogen) atoms. The van der Waals surface area contributed by atoms with Crippen LogP contribution in [0.4, 0.5) is 0 Å². The van der Waals surface area contributed by atoms with E-state index < -0.39 is 0 Å². The molecule has 0 aromatic carbocycles. The van der Waals surface area contributed by atoms with E-state index in [4.69, 9.17) is 0 Å². The van der Waals surface area contributed by atoms with E-state index in [-0.39, 0.29) is 5.91 Å². The van der Waals surface area contributed by atoms with E-state index in [0.717, 1.165) is 6.42 Å². The summed E-state index contributed by atoms with van der Waals surface area (Å²) in [4.78, 5) is 15.8. The van der Waals surface area contributed by atoms with Crippen LogP contribution in [0.15, 0.2) is 30.6 Å². The summed E-state index contributed by atoms with van der Waals surface area (Å²) >= 11 is 0. The van der Waals surface area contributed by atoms with Crippen LogP contribution in [-0.2, 0) is 13.5 Å². The summed E-state index contributed by atoms with van der Waals surface area (Å²) in [6, 6.07) is 5.70. The van der Waals surface area contributed by atoms with Gasteiger partial charge in [0, 0.05) is 37.4 Å². The van der Waals surface area contributed by atoms with Crippen molar-refractivity contribution in [3.63, 3.8) is 0 Å². The largest absolute Gasteiger partial charge is 0.352 e.